The molecule has 0 spiro atoms. The Labute approximate surface area is 331 Å². The lowest BCUT2D eigenvalue weighted by atomic mass is 10.0. The fourth-order valence-electron chi connectivity index (χ4n) is 5.55. The molecule has 0 amide bonds. The van der Waals surface area contributed by atoms with Crippen LogP contribution in [0.15, 0.2) is 72.9 Å². The maximum Gasteiger partial charge on any atom is 0.472 e. The first kappa shape index (κ1) is 51.9. The lowest BCUT2D eigenvalue weighted by molar-refractivity contribution is -0.154. The van der Waals surface area contributed by atoms with Crippen molar-refractivity contribution in [3.05, 3.63) is 72.9 Å². The molecule has 0 aromatic rings. The quantitative estimate of drug-likeness (QED) is 0.0273. The summed E-state index contributed by atoms with van der Waals surface area (Å²) in [5.41, 5.74) is 5.36. The van der Waals surface area contributed by atoms with Crippen LogP contribution in [-0.4, -0.2) is 49.9 Å². The number of unbranched alkanes of at least 4 members (excludes halogenated alkanes) is 15. The van der Waals surface area contributed by atoms with E-state index in [1.165, 1.54) is 89.9 Å². The monoisotopic (exact) mass is 778 g/mol. The summed E-state index contributed by atoms with van der Waals surface area (Å²) in [5.74, 6) is -0.412. The molecule has 2 atom stereocenters. The summed E-state index contributed by atoms with van der Waals surface area (Å²) >= 11 is 0. The Hall–Kier alpha value is -2.06. The summed E-state index contributed by atoms with van der Waals surface area (Å²) in [4.78, 5) is 22.4. The van der Waals surface area contributed by atoms with E-state index in [-0.39, 0.29) is 32.8 Å². The number of ether oxygens (including phenoxy) is 2. The standard InChI is InChI=1S/C45H80NO7P/c1-3-5-7-9-11-13-15-17-19-21-22-23-24-26-28-30-32-34-36-38-45(47)53-44(43-52-54(48,49)51-41-39-46)42-50-40-37-35-33-31-29-27-25-20-18-16-14-12-10-8-6-4-2/h5,7,11,13,17,19,22-23,26,28,32,34,44H,3-4,6,8-10,12,14-16,18,20-21,24-25,27,29-31,33,35-43,46H2,1-2H3,(H,48,49)/b7-5-,13-11-,19-17-,23-22-,28-26-,34-32-. The average molecular weight is 778 g/mol. The van der Waals surface area contributed by atoms with Crippen LogP contribution in [0.4, 0.5) is 0 Å². The summed E-state index contributed by atoms with van der Waals surface area (Å²) in [6.07, 6.45) is 52.2. The predicted molar refractivity (Wildman–Crippen MR) is 228 cm³/mol. The van der Waals surface area contributed by atoms with Gasteiger partial charge in [-0.1, -0.05) is 183 Å². The van der Waals surface area contributed by atoms with E-state index < -0.39 is 19.9 Å². The molecule has 0 bridgehead atoms. The largest absolute Gasteiger partial charge is 0.472 e. The third-order valence-corrected chi connectivity index (χ3v) is 9.64. The molecule has 0 rings (SSSR count). The smallest absolute Gasteiger partial charge is 0.457 e. The van der Waals surface area contributed by atoms with E-state index in [9.17, 15) is 14.3 Å². The van der Waals surface area contributed by atoms with E-state index >= 15 is 0 Å². The van der Waals surface area contributed by atoms with Gasteiger partial charge in [-0.25, -0.2) is 4.57 Å². The van der Waals surface area contributed by atoms with Crippen molar-refractivity contribution >= 4 is 13.8 Å². The average Bonchev–Trinajstić information content (AvgIpc) is 3.16. The Morgan fingerprint density at radius 2 is 1.00 bits per heavy atom. The van der Waals surface area contributed by atoms with E-state index in [1.54, 1.807) is 0 Å². The highest BCUT2D eigenvalue weighted by Crippen LogP contribution is 2.43. The lowest BCUT2D eigenvalue weighted by Crippen LogP contribution is -2.28. The van der Waals surface area contributed by atoms with Gasteiger partial charge in [-0.15, -0.1) is 0 Å². The Morgan fingerprint density at radius 1 is 0.574 bits per heavy atom. The van der Waals surface area contributed by atoms with Gasteiger partial charge in [0.1, 0.15) is 6.10 Å². The summed E-state index contributed by atoms with van der Waals surface area (Å²) in [6, 6.07) is 0. The van der Waals surface area contributed by atoms with Crippen LogP contribution in [0.1, 0.15) is 168 Å². The SMILES string of the molecule is CC/C=C\C/C=C\C/C=C\C/C=C\C/C=C\C/C=C\CCC(=O)OC(COCCCCCCCCCCCCCCCCCC)COP(=O)(O)OCCN. The molecular weight excluding hydrogens is 697 g/mol. The molecule has 312 valence electrons. The molecule has 54 heavy (non-hydrogen) atoms. The van der Waals surface area contributed by atoms with Gasteiger partial charge in [0.05, 0.1) is 19.8 Å². The molecule has 0 aliphatic carbocycles. The highest BCUT2D eigenvalue weighted by atomic mass is 31.2. The zero-order valence-electron chi connectivity index (χ0n) is 34.4. The first-order valence-corrected chi connectivity index (χ1v) is 22.9. The Balaban J connectivity index is 4.18. The van der Waals surface area contributed by atoms with Crippen molar-refractivity contribution in [2.75, 3.05) is 33.0 Å². The number of allylic oxidation sites excluding steroid dienone is 12. The minimum Gasteiger partial charge on any atom is -0.457 e. The van der Waals surface area contributed by atoms with Gasteiger partial charge in [-0.05, 0) is 51.4 Å². The number of carbonyl (C=O) groups is 1. The van der Waals surface area contributed by atoms with Crippen molar-refractivity contribution in [1.29, 1.82) is 0 Å². The molecule has 0 aromatic heterocycles. The Bertz CT molecular complexity index is 1050. The van der Waals surface area contributed by atoms with Crippen LogP contribution in [0.5, 0.6) is 0 Å². The van der Waals surface area contributed by atoms with Gasteiger partial charge in [0.15, 0.2) is 0 Å². The Morgan fingerprint density at radius 3 is 1.44 bits per heavy atom. The zero-order chi connectivity index (χ0) is 39.5. The summed E-state index contributed by atoms with van der Waals surface area (Å²) in [5, 5.41) is 0. The topological polar surface area (TPSA) is 117 Å². The second-order valence-corrected chi connectivity index (χ2v) is 15.3. The molecule has 0 aromatic carbocycles. The number of phosphoric ester groups is 1. The first-order chi connectivity index (χ1) is 26.4. The van der Waals surface area contributed by atoms with Crippen molar-refractivity contribution in [2.45, 2.75) is 174 Å². The Kier molecular flexibility index (Phi) is 40.5. The molecule has 0 heterocycles. The van der Waals surface area contributed by atoms with Gasteiger partial charge in [0, 0.05) is 19.6 Å². The normalized spacial score (nSPS) is 14.2. The molecule has 0 aliphatic heterocycles. The van der Waals surface area contributed by atoms with Crippen LogP contribution >= 0.6 is 7.82 Å². The minimum atomic E-state index is -4.30. The predicted octanol–water partition coefficient (Wildman–Crippen LogP) is 12.7. The molecule has 9 heteroatoms. The summed E-state index contributed by atoms with van der Waals surface area (Å²) in [7, 11) is -4.30. The molecule has 0 saturated heterocycles. The van der Waals surface area contributed by atoms with Crippen LogP contribution in [0, 0.1) is 0 Å². The van der Waals surface area contributed by atoms with Gasteiger partial charge in [-0.3, -0.25) is 13.8 Å². The summed E-state index contributed by atoms with van der Waals surface area (Å²) < 4.78 is 33.3. The number of hydrogen-bond donors (Lipinski definition) is 2. The van der Waals surface area contributed by atoms with Gasteiger partial charge in [-0.2, -0.15) is 0 Å². The molecule has 0 aliphatic rings. The maximum atomic E-state index is 12.5. The number of carbonyl (C=O) groups excluding carboxylic acids is 1. The highest BCUT2D eigenvalue weighted by Gasteiger charge is 2.25. The van der Waals surface area contributed by atoms with Crippen molar-refractivity contribution in [1.82, 2.24) is 0 Å². The second-order valence-electron chi connectivity index (χ2n) is 13.8. The number of esters is 1. The van der Waals surface area contributed by atoms with Crippen molar-refractivity contribution in [3.8, 4) is 0 Å². The highest BCUT2D eigenvalue weighted by molar-refractivity contribution is 7.47. The van der Waals surface area contributed by atoms with Crippen LogP contribution < -0.4 is 5.73 Å². The maximum absolute atomic E-state index is 12.5. The minimum absolute atomic E-state index is 0.0846. The lowest BCUT2D eigenvalue weighted by Gasteiger charge is -2.20. The zero-order valence-corrected chi connectivity index (χ0v) is 35.3. The summed E-state index contributed by atoms with van der Waals surface area (Å²) in [6.45, 7) is 4.71. The molecule has 0 saturated carbocycles. The van der Waals surface area contributed by atoms with Crippen molar-refractivity contribution < 1.29 is 32.8 Å². The van der Waals surface area contributed by atoms with Crippen LogP contribution in [0.3, 0.4) is 0 Å². The van der Waals surface area contributed by atoms with E-state index in [2.05, 4.69) is 74.6 Å². The molecule has 2 unspecified atom stereocenters. The third kappa shape index (κ3) is 41.1. The number of nitrogens with two attached hydrogens (primary N) is 1. The van der Waals surface area contributed by atoms with Crippen molar-refractivity contribution in [2.24, 2.45) is 5.73 Å². The van der Waals surface area contributed by atoms with E-state index in [1.807, 2.05) is 12.2 Å². The number of rotatable bonds is 40. The fourth-order valence-corrected chi connectivity index (χ4v) is 6.32. The first-order valence-electron chi connectivity index (χ1n) is 21.4. The van der Waals surface area contributed by atoms with E-state index in [4.69, 9.17) is 24.3 Å². The van der Waals surface area contributed by atoms with Crippen LogP contribution in [-0.2, 0) is 27.9 Å². The second kappa shape index (κ2) is 42.1. The van der Waals surface area contributed by atoms with E-state index in [0.717, 1.165) is 51.4 Å². The van der Waals surface area contributed by atoms with Gasteiger partial charge in [0.2, 0.25) is 0 Å². The molecule has 8 nitrogen and oxygen atoms in total. The molecule has 0 fully saturated rings. The molecule has 0 radical (unpaired) electrons. The fraction of sp³-hybridized carbons (Fsp3) is 0.711. The molecular formula is C45H80NO7P. The van der Waals surface area contributed by atoms with E-state index in [0.29, 0.717) is 13.0 Å². The number of phosphoric acid groups is 1. The van der Waals surface area contributed by atoms with Gasteiger partial charge >= 0.3 is 13.8 Å². The van der Waals surface area contributed by atoms with Gasteiger partial charge < -0.3 is 20.1 Å². The molecule has 3 N–H and O–H groups in total. The van der Waals surface area contributed by atoms with Gasteiger partial charge in [0.25, 0.3) is 0 Å². The number of hydrogen-bond acceptors (Lipinski definition) is 7. The third-order valence-electron chi connectivity index (χ3n) is 8.65. The van der Waals surface area contributed by atoms with Crippen LogP contribution in [0.25, 0.3) is 0 Å². The van der Waals surface area contributed by atoms with Crippen molar-refractivity contribution in [3.63, 3.8) is 0 Å². The van der Waals surface area contributed by atoms with Crippen LogP contribution in [0.2, 0.25) is 0 Å².